The molecule has 0 fully saturated rings. The van der Waals surface area contributed by atoms with Gasteiger partial charge in [0.2, 0.25) is 0 Å². The minimum atomic E-state index is -4.47. The van der Waals surface area contributed by atoms with E-state index < -0.39 is 11.7 Å². The Morgan fingerprint density at radius 2 is 1.75 bits per heavy atom. The number of nitrogens with one attached hydrogen (secondary N) is 1. The van der Waals surface area contributed by atoms with Crippen LogP contribution in [-0.4, -0.2) is 0 Å². The van der Waals surface area contributed by atoms with Gasteiger partial charge < -0.3 is 11.1 Å². The highest BCUT2D eigenvalue weighted by atomic mass is 35.5. The third-order valence-electron chi connectivity index (χ3n) is 2.56. The lowest BCUT2D eigenvalue weighted by Crippen LogP contribution is -2.06. The first-order valence-electron chi connectivity index (χ1n) is 5.46. The number of benzene rings is 2. The molecule has 7 heteroatoms. The Kier molecular flexibility index (Phi) is 4.01. The van der Waals surface area contributed by atoms with E-state index in [4.69, 9.17) is 28.9 Å². The number of halogens is 5. The summed E-state index contributed by atoms with van der Waals surface area (Å²) in [4.78, 5) is 0. The summed E-state index contributed by atoms with van der Waals surface area (Å²) in [6, 6.07) is 8.00. The lowest BCUT2D eigenvalue weighted by Gasteiger charge is -2.13. The highest BCUT2D eigenvalue weighted by Crippen LogP contribution is 2.35. The maximum absolute atomic E-state index is 12.7. The van der Waals surface area contributed by atoms with Crippen LogP contribution in [0.25, 0.3) is 0 Å². The number of hydrogen-bond acceptors (Lipinski definition) is 2. The van der Waals surface area contributed by atoms with Crippen LogP contribution in [0.1, 0.15) is 5.56 Å². The predicted octanol–water partition coefficient (Wildman–Crippen LogP) is 5.34. The summed E-state index contributed by atoms with van der Waals surface area (Å²) in [6.45, 7) is 0. The average Bonchev–Trinajstić information content (AvgIpc) is 2.33. The molecular weight excluding hydrogens is 312 g/mol. The minimum absolute atomic E-state index is 0.0251. The normalized spacial score (nSPS) is 11.4. The van der Waals surface area contributed by atoms with Crippen molar-refractivity contribution in [3.63, 3.8) is 0 Å². The number of nitrogen functional groups attached to an aromatic ring is 1. The number of para-hydroxylation sites is 1. The Labute approximate surface area is 123 Å². The summed E-state index contributed by atoms with van der Waals surface area (Å²) in [5.41, 5.74) is 5.74. The standard InChI is InChI=1S/C13H9Cl2F3N2/c14-8-4-7(13(16,17)18)5-9(6-8)20-11-3-1-2-10(15)12(11)19/h1-6,20H,19H2. The van der Waals surface area contributed by atoms with E-state index in [1.165, 1.54) is 6.07 Å². The minimum Gasteiger partial charge on any atom is -0.396 e. The molecule has 3 N–H and O–H groups in total. The summed E-state index contributed by atoms with van der Waals surface area (Å²) >= 11 is 11.5. The summed E-state index contributed by atoms with van der Waals surface area (Å²) in [6.07, 6.45) is -4.47. The molecule has 0 aliphatic heterocycles. The first-order valence-corrected chi connectivity index (χ1v) is 6.22. The maximum Gasteiger partial charge on any atom is 0.416 e. The third kappa shape index (κ3) is 3.29. The molecule has 2 rings (SSSR count). The molecule has 2 aromatic carbocycles. The molecule has 0 aromatic heterocycles. The Morgan fingerprint density at radius 1 is 1.05 bits per heavy atom. The highest BCUT2D eigenvalue weighted by Gasteiger charge is 2.31. The molecule has 0 unspecified atom stereocenters. The first kappa shape index (κ1) is 14.8. The van der Waals surface area contributed by atoms with Crippen molar-refractivity contribution >= 4 is 40.3 Å². The van der Waals surface area contributed by atoms with Crippen LogP contribution in [-0.2, 0) is 6.18 Å². The molecular formula is C13H9Cl2F3N2. The van der Waals surface area contributed by atoms with Crippen molar-refractivity contribution in [2.24, 2.45) is 0 Å². The summed E-state index contributed by atoms with van der Waals surface area (Å²) < 4.78 is 38.1. The Balaban J connectivity index is 2.39. The molecule has 0 bridgehead atoms. The Morgan fingerprint density at radius 3 is 2.40 bits per heavy atom. The number of rotatable bonds is 2. The molecule has 0 heterocycles. The van der Waals surface area contributed by atoms with Gasteiger partial charge in [0.25, 0.3) is 0 Å². The molecule has 0 aliphatic rings. The number of anilines is 3. The fourth-order valence-electron chi connectivity index (χ4n) is 1.63. The van der Waals surface area contributed by atoms with Gasteiger partial charge in [-0.25, -0.2) is 0 Å². The van der Waals surface area contributed by atoms with E-state index in [1.54, 1.807) is 18.2 Å². The number of hydrogen-bond donors (Lipinski definition) is 2. The molecule has 20 heavy (non-hydrogen) atoms. The second-order valence-electron chi connectivity index (χ2n) is 4.05. The van der Waals surface area contributed by atoms with E-state index in [-0.39, 0.29) is 16.4 Å². The molecule has 0 radical (unpaired) electrons. The van der Waals surface area contributed by atoms with Crippen molar-refractivity contribution in [3.05, 3.63) is 52.0 Å². The van der Waals surface area contributed by atoms with Gasteiger partial charge in [-0.05, 0) is 30.3 Å². The molecule has 0 aliphatic carbocycles. The van der Waals surface area contributed by atoms with Crippen LogP contribution in [0.2, 0.25) is 10.0 Å². The number of nitrogens with two attached hydrogens (primary N) is 1. The van der Waals surface area contributed by atoms with Crippen LogP contribution in [0.15, 0.2) is 36.4 Å². The van der Waals surface area contributed by atoms with Crippen molar-refractivity contribution in [1.82, 2.24) is 0 Å². The zero-order valence-corrected chi connectivity index (χ0v) is 11.4. The van der Waals surface area contributed by atoms with Crippen molar-refractivity contribution in [1.29, 1.82) is 0 Å². The van der Waals surface area contributed by atoms with Crippen LogP contribution >= 0.6 is 23.2 Å². The average molecular weight is 321 g/mol. The smallest absolute Gasteiger partial charge is 0.396 e. The highest BCUT2D eigenvalue weighted by molar-refractivity contribution is 6.33. The van der Waals surface area contributed by atoms with Gasteiger partial charge in [-0.1, -0.05) is 29.3 Å². The number of alkyl halides is 3. The largest absolute Gasteiger partial charge is 0.416 e. The van der Waals surface area contributed by atoms with Gasteiger partial charge in [0.05, 0.1) is 22.0 Å². The second kappa shape index (κ2) is 5.42. The maximum atomic E-state index is 12.7. The van der Waals surface area contributed by atoms with E-state index in [0.29, 0.717) is 10.7 Å². The van der Waals surface area contributed by atoms with Gasteiger partial charge in [-0.2, -0.15) is 13.2 Å². The van der Waals surface area contributed by atoms with Gasteiger partial charge in [0.15, 0.2) is 0 Å². The SMILES string of the molecule is Nc1c(Cl)cccc1Nc1cc(Cl)cc(C(F)(F)F)c1. The third-order valence-corrected chi connectivity index (χ3v) is 3.10. The topological polar surface area (TPSA) is 38.0 Å². The quantitative estimate of drug-likeness (QED) is 0.733. The summed E-state index contributed by atoms with van der Waals surface area (Å²) in [5, 5.41) is 3.06. The van der Waals surface area contributed by atoms with Crippen molar-refractivity contribution in [3.8, 4) is 0 Å². The van der Waals surface area contributed by atoms with Crippen LogP contribution in [0.4, 0.5) is 30.2 Å². The summed E-state index contributed by atoms with van der Waals surface area (Å²) in [5.74, 6) is 0. The van der Waals surface area contributed by atoms with Crippen LogP contribution in [0.3, 0.4) is 0 Å². The zero-order chi connectivity index (χ0) is 14.9. The van der Waals surface area contributed by atoms with E-state index >= 15 is 0 Å². The van der Waals surface area contributed by atoms with Crippen molar-refractivity contribution < 1.29 is 13.2 Å². The van der Waals surface area contributed by atoms with E-state index in [9.17, 15) is 13.2 Å². The fraction of sp³-hybridized carbons (Fsp3) is 0.0769. The molecule has 2 aromatic rings. The molecule has 106 valence electrons. The Bertz CT molecular complexity index is 642. The van der Waals surface area contributed by atoms with Gasteiger partial charge in [0.1, 0.15) is 0 Å². The summed E-state index contributed by atoms with van der Waals surface area (Å²) in [7, 11) is 0. The molecule has 2 nitrogen and oxygen atoms in total. The van der Waals surface area contributed by atoms with Crippen molar-refractivity contribution in [2.45, 2.75) is 6.18 Å². The van der Waals surface area contributed by atoms with Gasteiger partial charge in [0, 0.05) is 10.7 Å². The lowest BCUT2D eigenvalue weighted by molar-refractivity contribution is -0.137. The monoisotopic (exact) mass is 320 g/mol. The van der Waals surface area contributed by atoms with Gasteiger partial charge in [-0.15, -0.1) is 0 Å². The molecule has 0 atom stereocenters. The zero-order valence-electron chi connectivity index (χ0n) is 9.93. The van der Waals surface area contributed by atoms with Crippen LogP contribution in [0.5, 0.6) is 0 Å². The fourth-order valence-corrected chi connectivity index (χ4v) is 2.04. The Hall–Kier alpha value is -1.59. The second-order valence-corrected chi connectivity index (χ2v) is 4.90. The molecule has 0 saturated heterocycles. The first-order chi connectivity index (χ1) is 9.27. The van der Waals surface area contributed by atoms with Gasteiger partial charge >= 0.3 is 6.18 Å². The molecule has 0 saturated carbocycles. The van der Waals surface area contributed by atoms with E-state index in [1.807, 2.05) is 0 Å². The van der Waals surface area contributed by atoms with Crippen LogP contribution < -0.4 is 11.1 Å². The van der Waals surface area contributed by atoms with Crippen molar-refractivity contribution in [2.75, 3.05) is 11.1 Å². The molecule has 0 spiro atoms. The van der Waals surface area contributed by atoms with E-state index in [2.05, 4.69) is 5.32 Å². The molecule has 0 amide bonds. The van der Waals surface area contributed by atoms with Gasteiger partial charge in [-0.3, -0.25) is 0 Å². The lowest BCUT2D eigenvalue weighted by atomic mass is 10.2. The predicted molar refractivity (Wildman–Crippen MR) is 75.6 cm³/mol. The van der Waals surface area contributed by atoms with Crippen LogP contribution in [0, 0.1) is 0 Å². The van der Waals surface area contributed by atoms with E-state index in [0.717, 1.165) is 12.1 Å².